The minimum atomic E-state index is 0.0215. The lowest BCUT2D eigenvalue weighted by Crippen LogP contribution is -2.29. The maximum absolute atomic E-state index is 12.0. The van der Waals surface area contributed by atoms with Gasteiger partial charge in [0.25, 0.3) is 5.91 Å². The van der Waals surface area contributed by atoms with Gasteiger partial charge >= 0.3 is 0 Å². The topological polar surface area (TPSA) is 59.2 Å². The molecule has 16 heavy (non-hydrogen) atoms. The van der Waals surface area contributed by atoms with E-state index in [1.807, 2.05) is 7.05 Å². The highest BCUT2D eigenvalue weighted by Gasteiger charge is 2.34. The number of carbonyl (C=O) groups is 1. The van der Waals surface area contributed by atoms with Crippen LogP contribution < -0.4 is 5.73 Å². The van der Waals surface area contributed by atoms with Crippen molar-refractivity contribution in [1.29, 1.82) is 0 Å². The molecule has 0 radical (unpaired) electrons. The molecule has 1 heterocycles. The van der Waals surface area contributed by atoms with E-state index in [1.165, 1.54) is 6.42 Å². The molecule has 0 aliphatic heterocycles. The number of hydrogen-bond donors (Lipinski definition) is 1. The molecule has 1 amide bonds. The molecule has 1 aliphatic carbocycles. The second kappa shape index (κ2) is 4.12. The number of nitrogen functional groups attached to an aromatic ring is 1. The van der Waals surface area contributed by atoms with Crippen LogP contribution in [0.25, 0.3) is 0 Å². The molecule has 86 valence electrons. The molecule has 4 nitrogen and oxygen atoms in total. The highest BCUT2D eigenvalue weighted by molar-refractivity contribution is 5.94. The van der Waals surface area contributed by atoms with Gasteiger partial charge in [-0.1, -0.05) is 6.92 Å². The van der Waals surface area contributed by atoms with Gasteiger partial charge in [0, 0.05) is 25.4 Å². The van der Waals surface area contributed by atoms with E-state index in [1.54, 1.807) is 23.2 Å². The Morgan fingerprint density at radius 3 is 2.94 bits per heavy atom. The predicted molar refractivity (Wildman–Crippen MR) is 62.9 cm³/mol. The smallest absolute Gasteiger partial charge is 0.253 e. The molecule has 1 aromatic rings. The van der Waals surface area contributed by atoms with E-state index in [4.69, 9.17) is 5.73 Å². The molecule has 0 spiro atoms. The number of nitrogens with two attached hydrogens (primary N) is 1. The molecular formula is C12H17N3O. The van der Waals surface area contributed by atoms with Crippen molar-refractivity contribution in [1.82, 2.24) is 9.88 Å². The fourth-order valence-electron chi connectivity index (χ4n) is 1.89. The van der Waals surface area contributed by atoms with Gasteiger partial charge < -0.3 is 10.6 Å². The van der Waals surface area contributed by atoms with Crippen molar-refractivity contribution in [2.75, 3.05) is 19.3 Å². The van der Waals surface area contributed by atoms with Gasteiger partial charge in [0.2, 0.25) is 0 Å². The quantitative estimate of drug-likeness (QED) is 0.835. The van der Waals surface area contributed by atoms with E-state index in [0.717, 1.165) is 12.5 Å². The number of pyridine rings is 1. The Bertz CT molecular complexity index is 405. The number of hydrogen-bond acceptors (Lipinski definition) is 3. The molecule has 1 fully saturated rings. The van der Waals surface area contributed by atoms with Crippen molar-refractivity contribution in [3.63, 3.8) is 0 Å². The van der Waals surface area contributed by atoms with E-state index in [0.29, 0.717) is 17.3 Å². The summed E-state index contributed by atoms with van der Waals surface area (Å²) in [5.41, 5.74) is 6.16. The summed E-state index contributed by atoms with van der Waals surface area (Å²) >= 11 is 0. The van der Waals surface area contributed by atoms with Crippen molar-refractivity contribution in [2.24, 2.45) is 11.8 Å². The second-order valence-corrected chi connectivity index (χ2v) is 4.63. The summed E-state index contributed by atoms with van der Waals surface area (Å²) in [6, 6.07) is 3.32. The summed E-state index contributed by atoms with van der Waals surface area (Å²) < 4.78 is 0. The fourth-order valence-corrected chi connectivity index (χ4v) is 1.89. The normalized spacial score (nSPS) is 22.9. The molecule has 0 saturated heterocycles. The van der Waals surface area contributed by atoms with Gasteiger partial charge in [-0.3, -0.25) is 4.79 Å². The van der Waals surface area contributed by atoms with Crippen LogP contribution >= 0.6 is 0 Å². The lowest BCUT2D eigenvalue weighted by Gasteiger charge is -2.17. The first-order valence-corrected chi connectivity index (χ1v) is 5.55. The molecule has 0 aromatic carbocycles. The maximum atomic E-state index is 12.0. The van der Waals surface area contributed by atoms with Crippen molar-refractivity contribution in [3.8, 4) is 0 Å². The largest absolute Gasteiger partial charge is 0.384 e. The van der Waals surface area contributed by atoms with E-state index in [9.17, 15) is 4.79 Å². The summed E-state index contributed by atoms with van der Waals surface area (Å²) in [7, 11) is 1.84. The fraction of sp³-hybridized carbons (Fsp3) is 0.500. The second-order valence-electron chi connectivity index (χ2n) is 4.63. The lowest BCUT2D eigenvalue weighted by molar-refractivity contribution is 0.0787. The van der Waals surface area contributed by atoms with Crippen molar-refractivity contribution < 1.29 is 4.79 Å². The number of anilines is 1. The Morgan fingerprint density at radius 2 is 2.38 bits per heavy atom. The molecule has 1 aliphatic rings. The first-order chi connectivity index (χ1) is 7.58. The summed E-state index contributed by atoms with van der Waals surface area (Å²) in [4.78, 5) is 17.7. The molecule has 2 atom stereocenters. The van der Waals surface area contributed by atoms with Gasteiger partial charge in [-0.25, -0.2) is 4.98 Å². The zero-order valence-electron chi connectivity index (χ0n) is 9.68. The third kappa shape index (κ3) is 2.32. The summed E-state index contributed by atoms with van der Waals surface area (Å²) in [6.07, 6.45) is 2.80. The average molecular weight is 219 g/mol. The molecule has 1 saturated carbocycles. The standard InChI is InChI=1S/C12H17N3O/c1-8-5-10(8)7-15(2)12(16)9-3-4-14-11(13)6-9/h3-4,6,8,10H,5,7H2,1-2H3,(H2,13,14). The molecule has 2 N–H and O–H groups in total. The van der Waals surface area contributed by atoms with Crippen LogP contribution in [-0.4, -0.2) is 29.4 Å². The zero-order valence-corrected chi connectivity index (χ0v) is 9.68. The Hall–Kier alpha value is -1.58. The van der Waals surface area contributed by atoms with E-state index in [2.05, 4.69) is 11.9 Å². The van der Waals surface area contributed by atoms with E-state index in [-0.39, 0.29) is 5.91 Å². The van der Waals surface area contributed by atoms with Gasteiger partial charge in [0.1, 0.15) is 5.82 Å². The number of amides is 1. The van der Waals surface area contributed by atoms with Crippen LogP contribution in [0.5, 0.6) is 0 Å². The first kappa shape index (κ1) is 10.9. The zero-order chi connectivity index (χ0) is 11.7. The van der Waals surface area contributed by atoms with Crippen molar-refractivity contribution in [3.05, 3.63) is 23.9 Å². The van der Waals surface area contributed by atoms with Gasteiger partial charge in [-0.15, -0.1) is 0 Å². The molecule has 2 rings (SSSR count). The molecule has 0 bridgehead atoms. The summed E-state index contributed by atoms with van der Waals surface area (Å²) in [5, 5.41) is 0. The minimum absolute atomic E-state index is 0.0215. The number of nitrogens with zero attached hydrogens (tertiary/aromatic N) is 2. The Balaban J connectivity index is 2.01. The minimum Gasteiger partial charge on any atom is -0.384 e. The average Bonchev–Trinajstić information content (AvgIpc) is 2.93. The van der Waals surface area contributed by atoms with E-state index >= 15 is 0 Å². The van der Waals surface area contributed by atoms with Gasteiger partial charge in [-0.2, -0.15) is 0 Å². The molecule has 2 unspecified atom stereocenters. The number of carbonyl (C=O) groups excluding carboxylic acids is 1. The van der Waals surface area contributed by atoms with Crippen molar-refractivity contribution in [2.45, 2.75) is 13.3 Å². The van der Waals surface area contributed by atoms with E-state index < -0.39 is 0 Å². The number of aromatic nitrogens is 1. The SMILES string of the molecule is CC1CC1CN(C)C(=O)c1ccnc(N)c1. The molecular weight excluding hydrogens is 202 g/mol. The van der Waals surface area contributed by atoms with Gasteiger partial charge in [-0.05, 0) is 30.4 Å². The van der Waals surface area contributed by atoms with Crippen LogP contribution in [0.2, 0.25) is 0 Å². The van der Waals surface area contributed by atoms with Crippen LogP contribution in [0.3, 0.4) is 0 Å². The number of rotatable bonds is 3. The maximum Gasteiger partial charge on any atom is 0.253 e. The molecule has 4 heteroatoms. The Morgan fingerprint density at radius 1 is 1.69 bits per heavy atom. The Labute approximate surface area is 95.5 Å². The van der Waals surface area contributed by atoms with Crippen LogP contribution in [0.4, 0.5) is 5.82 Å². The van der Waals surface area contributed by atoms with Crippen LogP contribution in [-0.2, 0) is 0 Å². The van der Waals surface area contributed by atoms with Crippen LogP contribution in [0.1, 0.15) is 23.7 Å². The van der Waals surface area contributed by atoms with Gasteiger partial charge in [0.15, 0.2) is 0 Å². The summed E-state index contributed by atoms with van der Waals surface area (Å²) in [6.45, 7) is 3.05. The Kier molecular flexibility index (Phi) is 2.81. The highest BCUT2D eigenvalue weighted by Crippen LogP contribution is 2.38. The van der Waals surface area contributed by atoms with Gasteiger partial charge in [0.05, 0.1) is 0 Å². The monoisotopic (exact) mass is 219 g/mol. The van der Waals surface area contributed by atoms with Crippen LogP contribution in [0, 0.1) is 11.8 Å². The predicted octanol–water partition coefficient (Wildman–Crippen LogP) is 1.39. The van der Waals surface area contributed by atoms with Crippen LogP contribution in [0.15, 0.2) is 18.3 Å². The summed E-state index contributed by atoms with van der Waals surface area (Å²) in [5.74, 6) is 1.85. The first-order valence-electron chi connectivity index (χ1n) is 5.55. The highest BCUT2D eigenvalue weighted by atomic mass is 16.2. The molecule has 1 aromatic heterocycles. The van der Waals surface area contributed by atoms with Crippen molar-refractivity contribution >= 4 is 11.7 Å². The third-order valence-corrected chi connectivity index (χ3v) is 3.16. The third-order valence-electron chi connectivity index (χ3n) is 3.16. The lowest BCUT2D eigenvalue weighted by atomic mass is 10.2.